The van der Waals surface area contributed by atoms with Gasteiger partial charge in [-0.15, -0.1) is 0 Å². The van der Waals surface area contributed by atoms with Crippen molar-refractivity contribution in [1.29, 1.82) is 0 Å². The number of hydrogen-bond donors (Lipinski definition) is 3. The molecule has 0 atom stereocenters. The fourth-order valence-corrected chi connectivity index (χ4v) is 2.16. The Morgan fingerprint density at radius 3 is 2.86 bits per heavy atom. The summed E-state index contributed by atoms with van der Waals surface area (Å²) in [4.78, 5) is 12.0. The molecule has 0 aliphatic carbocycles. The zero-order chi connectivity index (χ0) is 14.8. The molecule has 0 unspecified atom stereocenters. The molecule has 3 N–H and O–H groups in total. The van der Waals surface area contributed by atoms with E-state index >= 15 is 0 Å². The van der Waals surface area contributed by atoms with Crippen LogP contribution < -0.4 is 10.6 Å². The minimum atomic E-state index is 0.303. The average molecular weight is 281 g/mol. The Bertz CT molecular complexity index is 760. The van der Waals surface area contributed by atoms with Gasteiger partial charge in [0.1, 0.15) is 5.82 Å². The Labute approximate surface area is 123 Å². The number of fused-ring (bicyclic) bond motifs is 1. The van der Waals surface area contributed by atoms with Crippen molar-refractivity contribution in [2.45, 2.75) is 26.8 Å². The highest BCUT2D eigenvalue weighted by atomic mass is 15.1. The van der Waals surface area contributed by atoms with Crippen LogP contribution in [0.2, 0.25) is 0 Å². The Morgan fingerprint density at radius 1 is 1.19 bits per heavy atom. The molecule has 0 aliphatic rings. The maximum Gasteiger partial charge on any atom is 0.224 e. The lowest BCUT2D eigenvalue weighted by Crippen LogP contribution is -2.13. The quantitative estimate of drug-likeness (QED) is 0.680. The normalized spacial score (nSPS) is 11.0. The molecule has 0 spiro atoms. The molecule has 0 saturated carbocycles. The van der Waals surface area contributed by atoms with Crippen LogP contribution in [-0.4, -0.2) is 21.0 Å². The van der Waals surface area contributed by atoms with Crippen LogP contribution in [0.25, 0.3) is 10.9 Å². The number of hydrogen-bond acceptors (Lipinski definition) is 4. The number of aromatic amines is 1. The molecule has 2 heterocycles. The molecular weight excluding hydrogens is 262 g/mol. The van der Waals surface area contributed by atoms with E-state index in [9.17, 15) is 0 Å². The highest BCUT2D eigenvalue weighted by Crippen LogP contribution is 2.23. The van der Waals surface area contributed by atoms with Crippen LogP contribution in [0.1, 0.15) is 19.4 Å². The van der Waals surface area contributed by atoms with Crippen LogP contribution in [0, 0.1) is 6.92 Å². The second-order valence-corrected chi connectivity index (χ2v) is 5.43. The topological polar surface area (TPSA) is 65.6 Å². The van der Waals surface area contributed by atoms with Gasteiger partial charge in [0, 0.05) is 40.6 Å². The molecule has 2 aromatic heterocycles. The first-order valence-electron chi connectivity index (χ1n) is 7.06. The van der Waals surface area contributed by atoms with Crippen LogP contribution in [0.3, 0.4) is 0 Å². The third-order valence-corrected chi connectivity index (χ3v) is 3.21. The van der Waals surface area contributed by atoms with Gasteiger partial charge in [-0.05, 0) is 45.0 Å². The SMILES string of the molecule is Cc1cnc(NC(C)C)nc1Nc1ccc2[nH]ccc2c1. The van der Waals surface area contributed by atoms with E-state index in [1.54, 1.807) is 0 Å². The lowest BCUT2D eigenvalue weighted by molar-refractivity contribution is 0.873. The van der Waals surface area contributed by atoms with Crippen LogP contribution in [-0.2, 0) is 0 Å². The van der Waals surface area contributed by atoms with Crippen molar-refractivity contribution in [2.75, 3.05) is 10.6 Å². The molecule has 0 fully saturated rings. The lowest BCUT2D eigenvalue weighted by atomic mass is 10.2. The first-order chi connectivity index (χ1) is 10.1. The number of nitrogens with one attached hydrogen (secondary N) is 3. The van der Waals surface area contributed by atoms with E-state index in [1.165, 1.54) is 5.39 Å². The van der Waals surface area contributed by atoms with Gasteiger partial charge < -0.3 is 15.6 Å². The zero-order valence-corrected chi connectivity index (χ0v) is 12.4. The summed E-state index contributed by atoms with van der Waals surface area (Å²) in [5, 5.41) is 7.75. The first-order valence-corrected chi connectivity index (χ1v) is 7.06. The van der Waals surface area contributed by atoms with Gasteiger partial charge in [-0.25, -0.2) is 4.98 Å². The van der Waals surface area contributed by atoms with Crippen molar-refractivity contribution >= 4 is 28.4 Å². The number of benzene rings is 1. The summed E-state index contributed by atoms with van der Waals surface area (Å²) in [7, 11) is 0. The van der Waals surface area contributed by atoms with Gasteiger partial charge in [-0.3, -0.25) is 0 Å². The number of rotatable bonds is 4. The van der Waals surface area contributed by atoms with Crippen molar-refractivity contribution in [3.63, 3.8) is 0 Å². The summed E-state index contributed by atoms with van der Waals surface area (Å²) >= 11 is 0. The van der Waals surface area contributed by atoms with E-state index in [-0.39, 0.29) is 0 Å². The molecule has 21 heavy (non-hydrogen) atoms. The molecule has 108 valence electrons. The summed E-state index contributed by atoms with van der Waals surface area (Å²) in [5.74, 6) is 1.46. The minimum Gasteiger partial charge on any atom is -0.361 e. The Morgan fingerprint density at radius 2 is 2.05 bits per heavy atom. The van der Waals surface area contributed by atoms with E-state index in [4.69, 9.17) is 0 Å². The van der Waals surface area contributed by atoms with E-state index in [0.29, 0.717) is 12.0 Å². The third-order valence-electron chi connectivity index (χ3n) is 3.21. The predicted octanol–water partition coefficient (Wildman–Crippen LogP) is 3.83. The van der Waals surface area contributed by atoms with E-state index in [2.05, 4.69) is 57.6 Å². The average Bonchev–Trinajstić information content (AvgIpc) is 2.89. The number of aryl methyl sites for hydroxylation is 1. The summed E-state index contributed by atoms with van der Waals surface area (Å²) in [5.41, 5.74) is 3.15. The van der Waals surface area contributed by atoms with Gasteiger partial charge >= 0.3 is 0 Å². The van der Waals surface area contributed by atoms with Gasteiger partial charge in [-0.2, -0.15) is 4.98 Å². The molecule has 0 bridgehead atoms. The monoisotopic (exact) mass is 281 g/mol. The van der Waals surface area contributed by atoms with Crippen LogP contribution in [0.4, 0.5) is 17.5 Å². The van der Waals surface area contributed by atoms with Crippen molar-refractivity contribution in [3.05, 3.63) is 42.2 Å². The molecule has 3 aromatic rings. The van der Waals surface area contributed by atoms with Gasteiger partial charge in [-0.1, -0.05) is 0 Å². The smallest absolute Gasteiger partial charge is 0.224 e. The van der Waals surface area contributed by atoms with Gasteiger partial charge in [0.05, 0.1) is 0 Å². The van der Waals surface area contributed by atoms with Crippen molar-refractivity contribution in [3.8, 4) is 0 Å². The lowest BCUT2D eigenvalue weighted by Gasteiger charge is -2.12. The summed E-state index contributed by atoms with van der Waals surface area (Å²) in [6.07, 6.45) is 3.77. The Hall–Kier alpha value is -2.56. The van der Waals surface area contributed by atoms with Crippen LogP contribution in [0.5, 0.6) is 0 Å². The maximum atomic E-state index is 4.53. The molecule has 0 aliphatic heterocycles. The zero-order valence-electron chi connectivity index (χ0n) is 12.4. The standard InChI is InChI=1S/C16H19N5/c1-10(2)19-16-18-9-11(3)15(21-16)20-13-4-5-14-12(8-13)6-7-17-14/h4-10,17H,1-3H3,(H2,18,19,20,21). The predicted molar refractivity (Wildman–Crippen MR) is 87.1 cm³/mol. The van der Waals surface area contributed by atoms with E-state index < -0.39 is 0 Å². The Balaban J connectivity index is 1.88. The molecule has 0 radical (unpaired) electrons. The summed E-state index contributed by atoms with van der Waals surface area (Å²) < 4.78 is 0. The molecule has 5 nitrogen and oxygen atoms in total. The molecule has 0 amide bonds. The van der Waals surface area contributed by atoms with Gasteiger partial charge in [0.15, 0.2) is 0 Å². The fraction of sp³-hybridized carbons (Fsp3) is 0.250. The van der Waals surface area contributed by atoms with E-state index in [1.807, 2.05) is 25.4 Å². The van der Waals surface area contributed by atoms with Crippen LogP contribution in [0.15, 0.2) is 36.7 Å². The number of nitrogens with zero attached hydrogens (tertiary/aromatic N) is 2. The molecule has 3 rings (SSSR count). The summed E-state index contributed by atoms with van der Waals surface area (Å²) in [6.45, 7) is 6.13. The second-order valence-electron chi connectivity index (χ2n) is 5.43. The number of anilines is 3. The number of H-pyrrole nitrogens is 1. The molecule has 1 aromatic carbocycles. The summed E-state index contributed by atoms with van der Waals surface area (Å²) in [6, 6.07) is 8.55. The van der Waals surface area contributed by atoms with Crippen molar-refractivity contribution in [1.82, 2.24) is 15.0 Å². The molecule has 5 heteroatoms. The maximum absolute atomic E-state index is 4.53. The van der Waals surface area contributed by atoms with E-state index in [0.717, 1.165) is 22.6 Å². The van der Waals surface area contributed by atoms with Gasteiger partial charge in [0.2, 0.25) is 5.95 Å². The van der Waals surface area contributed by atoms with Gasteiger partial charge in [0.25, 0.3) is 0 Å². The highest BCUT2D eigenvalue weighted by molar-refractivity contribution is 5.84. The second kappa shape index (κ2) is 5.44. The van der Waals surface area contributed by atoms with Crippen LogP contribution >= 0.6 is 0 Å². The number of aromatic nitrogens is 3. The largest absolute Gasteiger partial charge is 0.361 e. The first kappa shape index (κ1) is 13.4. The van der Waals surface area contributed by atoms with Crippen molar-refractivity contribution in [2.24, 2.45) is 0 Å². The molecule has 0 saturated heterocycles. The Kier molecular flexibility index (Phi) is 3.48. The minimum absolute atomic E-state index is 0.303. The highest BCUT2D eigenvalue weighted by Gasteiger charge is 2.06. The fourth-order valence-electron chi connectivity index (χ4n) is 2.16. The third kappa shape index (κ3) is 2.97. The molecular formula is C16H19N5. The van der Waals surface area contributed by atoms with Crippen molar-refractivity contribution < 1.29 is 0 Å².